The van der Waals surface area contributed by atoms with Gasteiger partial charge in [0.1, 0.15) is 0 Å². The Morgan fingerprint density at radius 1 is 1.53 bits per heavy atom. The van der Waals surface area contributed by atoms with Gasteiger partial charge in [0.25, 0.3) is 0 Å². The van der Waals surface area contributed by atoms with E-state index in [0.29, 0.717) is 0 Å². The molecule has 1 unspecified atom stereocenters. The van der Waals surface area contributed by atoms with E-state index < -0.39 is 30.6 Å². The summed E-state index contributed by atoms with van der Waals surface area (Å²) < 4.78 is 38.4. The van der Waals surface area contributed by atoms with Crippen LogP contribution >= 0.6 is 0 Å². The molecule has 2 aromatic rings. The van der Waals surface area contributed by atoms with Gasteiger partial charge in [0.15, 0.2) is 6.10 Å². The summed E-state index contributed by atoms with van der Waals surface area (Å²) in [5.74, 6) is -1.46. The fraction of sp³-hybridized carbons (Fsp3) is 0.182. The van der Waals surface area contributed by atoms with Crippen LogP contribution < -0.4 is 0 Å². The van der Waals surface area contributed by atoms with E-state index >= 15 is 0 Å². The first kappa shape index (κ1) is 5.32. The molecule has 4 nitrogen and oxygen atoms in total. The molecule has 0 radical (unpaired) electrons. The van der Waals surface area contributed by atoms with E-state index in [-0.39, 0.29) is 34.7 Å². The van der Waals surface area contributed by atoms with Crippen molar-refractivity contribution >= 4 is 16.9 Å². The summed E-state index contributed by atoms with van der Waals surface area (Å²) in [6.07, 6.45) is -2.38. The number of hydrogen-bond acceptors (Lipinski definition) is 2. The third-order valence-corrected chi connectivity index (χ3v) is 2.01. The number of aliphatic hydroxyl groups excluding tert-OH is 1. The molecule has 1 atom stereocenters. The molecule has 0 aliphatic rings. The van der Waals surface area contributed by atoms with E-state index in [4.69, 9.17) is 12.0 Å². The minimum atomic E-state index is -1.74. The molecule has 78 valence electrons. The van der Waals surface area contributed by atoms with E-state index in [1.165, 1.54) is 0 Å². The van der Waals surface area contributed by atoms with Crippen LogP contribution in [0.2, 0.25) is 0 Å². The Labute approximate surface area is 93.2 Å². The Morgan fingerprint density at radius 2 is 2.27 bits per heavy atom. The van der Waals surface area contributed by atoms with Crippen molar-refractivity contribution in [3.8, 4) is 0 Å². The highest BCUT2D eigenvalue weighted by molar-refractivity contribution is 5.84. The molecule has 0 aliphatic heterocycles. The van der Waals surface area contributed by atoms with Crippen molar-refractivity contribution in [3.63, 3.8) is 0 Å². The van der Waals surface area contributed by atoms with E-state index in [9.17, 15) is 9.90 Å². The number of benzene rings is 1. The lowest BCUT2D eigenvalue weighted by atomic mass is 10.1. The van der Waals surface area contributed by atoms with Crippen LogP contribution in [0, 0.1) is 0 Å². The number of aliphatic carboxylic acids is 1. The Kier molecular flexibility index (Phi) is 1.33. The molecule has 3 N–H and O–H groups in total. The van der Waals surface area contributed by atoms with Crippen LogP contribution in [-0.4, -0.2) is 27.3 Å². The minimum Gasteiger partial charge on any atom is -0.479 e. The molecule has 0 aliphatic carbocycles. The van der Waals surface area contributed by atoms with Gasteiger partial charge >= 0.3 is 5.97 Å². The predicted octanol–water partition coefficient (Wildman–Crippen LogP) is 1.16. The lowest BCUT2D eigenvalue weighted by molar-refractivity contribution is -0.146. The molecule has 1 aromatic carbocycles. The molecule has 0 saturated heterocycles. The highest BCUT2D eigenvalue weighted by atomic mass is 16.4. The molecule has 0 fully saturated rings. The summed E-state index contributed by atoms with van der Waals surface area (Å²) in [6.45, 7) is 0. The standard InChI is InChI=1S/C11H11NO3/c13-10(11(14)15)5-7-6-12-9-4-2-1-3-8(7)9/h1-4,6,10,12-13H,5H2,(H,14,15)/i1D,2D,3D,4D,6D. The molecule has 2 rings (SSSR count). The molecule has 0 amide bonds. The van der Waals surface area contributed by atoms with E-state index in [1.54, 1.807) is 0 Å². The Balaban J connectivity index is 2.73. The molecule has 0 saturated carbocycles. The summed E-state index contributed by atoms with van der Waals surface area (Å²) in [7, 11) is 0. The van der Waals surface area contributed by atoms with Gasteiger partial charge in [-0.25, -0.2) is 4.79 Å². The van der Waals surface area contributed by atoms with Gasteiger partial charge in [0.2, 0.25) is 0 Å². The topological polar surface area (TPSA) is 73.3 Å². The minimum absolute atomic E-state index is 0.0357. The van der Waals surface area contributed by atoms with Gasteiger partial charge in [0.05, 0.1) is 6.85 Å². The first-order chi connectivity index (χ1) is 9.25. The third kappa shape index (κ3) is 1.85. The summed E-state index contributed by atoms with van der Waals surface area (Å²) in [5, 5.41) is 18.1. The Morgan fingerprint density at radius 3 is 3.00 bits per heavy atom. The first-order valence-corrected chi connectivity index (χ1v) is 4.24. The van der Waals surface area contributed by atoms with Crippen molar-refractivity contribution in [2.45, 2.75) is 12.5 Å². The average Bonchev–Trinajstić information content (AvgIpc) is 2.71. The number of para-hydroxylation sites is 1. The number of fused-ring (bicyclic) bond motifs is 1. The molecular weight excluding hydrogens is 194 g/mol. The van der Waals surface area contributed by atoms with Crippen LogP contribution in [0.15, 0.2) is 30.3 Å². The van der Waals surface area contributed by atoms with Crippen molar-refractivity contribution in [1.82, 2.24) is 4.98 Å². The molecule has 0 bridgehead atoms. The number of aliphatic hydroxyl groups is 1. The van der Waals surface area contributed by atoms with E-state index in [0.717, 1.165) is 0 Å². The van der Waals surface area contributed by atoms with Crippen LogP contribution in [-0.2, 0) is 11.2 Å². The van der Waals surface area contributed by atoms with Gasteiger partial charge in [-0.2, -0.15) is 0 Å². The number of nitrogens with one attached hydrogen (secondary N) is 1. The van der Waals surface area contributed by atoms with Crippen LogP contribution in [0.4, 0.5) is 0 Å². The molecule has 0 spiro atoms. The molecule has 1 heterocycles. The zero-order valence-corrected chi connectivity index (χ0v) is 7.59. The van der Waals surface area contributed by atoms with Gasteiger partial charge in [-0.15, -0.1) is 0 Å². The molecule has 1 aromatic heterocycles. The zero-order valence-electron chi connectivity index (χ0n) is 12.6. The van der Waals surface area contributed by atoms with Gasteiger partial charge in [-0.1, -0.05) is 18.1 Å². The van der Waals surface area contributed by atoms with Crippen molar-refractivity contribution < 1.29 is 21.9 Å². The summed E-state index contributed by atoms with van der Waals surface area (Å²) in [4.78, 5) is 13.2. The van der Waals surface area contributed by atoms with Gasteiger partial charge in [-0.05, 0) is 11.6 Å². The third-order valence-electron chi connectivity index (χ3n) is 2.01. The lowest BCUT2D eigenvalue weighted by Crippen LogP contribution is -2.21. The van der Waals surface area contributed by atoms with Crippen molar-refractivity contribution in [3.05, 3.63) is 35.9 Å². The quantitative estimate of drug-likeness (QED) is 0.711. The van der Waals surface area contributed by atoms with Gasteiger partial charge in [0, 0.05) is 23.5 Å². The van der Waals surface area contributed by atoms with Crippen LogP contribution in [0.5, 0.6) is 0 Å². The van der Waals surface area contributed by atoms with Crippen LogP contribution in [0.3, 0.4) is 0 Å². The van der Waals surface area contributed by atoms with E-state index in [1.807, 2.05) is 0 Å². The molecular formula is C11H11NO3. The molecule has 15 heavy (non-hydrogen) atoms. The fourth-order valence-corrected chi connectivity index (χ4v) is 1.27. The highest BCUT2D eigenvalue weighted by Crippen LogP contribution is 2.18. The van der Waals surface area contributed by atoms with Gasteiger partial charge < -0.3 is 15.2 Å². The number of aromatic nitrogens is 1. The Bertz CT molecular complexity index is 712. The summed E-state index contributed by atoms with van der Waals surface area (Å²) in [6, 6.07) is -1.59. The number of carboxylic acid groups (broad SMARTS) is 1. The van der Waals surface area contributed by atoms with E-state index in [2.05, 4.69) is 4.98 Å². The SMILES string of the molecule is [2H]c1[nH]c2c([2H])c([2H])c([2H])c([2H])c2c1CC(O)C(=O)O. The maximum Gasteiger partial charge on any atom is 0.332 e. The highest BCUT2D eigenvalue weighted by Gasteiger charge is 2.15. The smallest absolute Gasteiger partial charge is 0.332 e. The number of H-pyrrole nitrogens is 1. The lowest BCUT2D eigenvalue weighted by Gasteiger charge is -2.03. The first-order valence-electron chi connectivity index (χ1n) is 6.74. The zero-order chi connectivity index (χ0) is 15.2. The number of rotatable bonds is 3. The number of hydrogen-bond donors (Lipinski definition) is 3. The summed E-state index contributed by atoms with van der Waals surface area (Å²) in [5.41, 5.74) is 0.0930. The number of carbonyl (C=O) groups is 1. The largest absolute Gasteiger partial charge is 0.479 e. The van der Waals surface area contributed by atoms with Crippen LogP contribution in [0.1, 0.15) is 12.4 Å². The number of carboxylic acids is 1. The second kappa shape index (κ2) is 3.74. The van der Waals surface area contributed by atoms with Crippen LogP contribution in [0.25, 0.3) is 10.9 Å². The van der Waals surface area contributed by atoms with Gasteiger partial charge in [-0.3, -0.25) is 0 Å². The van der Waals surface area contributed by atoms with Crippen molar-refractivity contribution in [1.29, 1.82) is 0 Å². The monoisotopic (exact) mass is 210 g/mol. The van der Waals surface area contributed by atoms with Crippen molar-refractivity contribution in [2.75, 3.05) is 0 Å². The normalized spacial score (nSPS) is 17.5. The second-order valence-corrected chi connectivity index (χ2v) is 3.04. The second-order valence-electron chi connectivity index (χ2n) is 3.04. The average molecular weight is 210 g/mol. The predicted molar refractivity (Wildman–Crippen MR) is 55.6 cm³/mol. The number of aromatic amines is 1. The van der Waals surface area contributed by atoms with Crippen molar-refractivity contribution in [2.24, 2.45) is 0 Å². The maximum absolute atomic E-state index is 10.7. The maximum atomic E-state index is 10.7. The Hall–Kier alpha value is -1.81. The fourth-order valence-electron chi connectivity index (χ4n) is 1.27. The summed E-state index contributed by atoms with van der Waals surface area (Å²) >= 11 is 0. The molecule has 4 heteroatoms.